The Bertz CT molecular complexity index is 1030. The lowest BCUT2D eigenvalue weighted by molar-refractivity contribution is -0.115. The van der Waals surface area contributed by atoms with Gasteiger partial charge in [-0.3, -0.25) is 9.36 Å². The predicted octanol–water partition coefficient (Wildman–Crippen LogP) is 4.74. The Hall–Kier alpha value is -2.86. The van der Waals surface area contributed by atoms with Gasteiger partial charge < -0.3 is 5.32 Å². The van der Waals surface area contributed by atoms with Crippen molar-refractivity contribution >= 4 is 23.4 Å². The monoisotopic (exact) mass is 404 g/mol. The number of anilines is 1. The Labute approximate surface area is 175 Å². The van der Waals surface area contributed by atoms with Crippen molar-refractivity contribution in [2.24, 2.45) is 0 Å². The molecule has 29 heavy (non-hydrogen) atoms. The van der Waals surface area contributed by atoms with Crippen LogP contribution < -0.4 is 5.32 Å². The minimum absolute atomic E-state index is 0.0395. The fourth-order valence-electron chi connectivity index (χ4n) is 3.58. The normalized spacial score (nSPS) is 13.7. The number of hydrogen-bond acceptors (Lipinski definition) is 4. The van der Waals surface area contributed by atoms with E-state index in [4.69, 9.17) is 0 Å². The summed E-state index contributed by atoms with van der Waals surface area (Å²) in [6.07, 6.45) is 5.24. The summed E-state index contributed by atoms with van der Waals surface area (Å²) in [6.45, 7) is 6.32. The van der Waals surface area contributed by atoms with Gasteiger partial charge in [0, 0.05) is 17.8 Å². The molecular formula is C23H24N4OS. The van der Waals surface area contributed by atoms with Crippen LogP contribution in [0.3, 0.4) is 0 Å². The molecule has 0 saturated heterocycles. The molecule has 3 aromatic rings. The fraction of sp³-hybridized carbons (Fsp3) is 0.261. The molecule has 1 amide bonds. The van der Waals surface area contributed by atoms with Gasteiger partial charge in [-0.1, -0.05) is 54.2 Å². The van der Waals surface area contributed by atoms with Crippen molar-refractivity contribution in [2.75, 3.05) is 5.32 Å². The maximum absolute atomic E-state index is 12.8. The standard InChI is InChI=1S/C23H24N4OS/c1-3-14-27-21(18-8-5-4-6-9-18)25-26-23(27)29-16(2)22(28)24-20-13-12-17-10-7-11-19(17)15-20/h3-6,8-9,12-13,15-16H,1,7,10-11,14H2,2H3,(H,24,28)/t16-/m1/s1. The molecule has 1 atom stereocenters. The summed E-state index contributed by atoms with van der Waals surface area (Å²) in [5.41, 5.74) is 4.60. The first-order valence-electron chi connectivity index (χ1n) is 9.84. The Morgan fingerprint density at radius 3 is 2.79 bits per heavy atom. The molecule has 0 bridgehead atoms. The number of hydrogen-bond donors (Lipinski definition) is 1. The molecule has 1 aromatic heterocycles. The quantitative estimate of drug-likeness (QED) is 0.456. The van der Waals surface area contributed by atoms with E-state index in [0.29, 0.717) is 11.7 Å². The molecule has 1 aliphatic rings. The first-order valence-corrected chi connectivity index (χ1v) is 10.7. The number of aromatic nitrogens is 3. The van der Waals surface area contributed by atoms with Crippen molar-refractivity contribution in [2.45, 2.75) is 43.1 Å². The summed E-state index contributed by atoms with van der Waals surface area (Å²) < 4.78 is 1.99. The van der Waals surface area contributed by atoms with Crippen molar-refractivity contribution in [3.63, 3.8) is 0 Å². The maximum Gasteiger partial charge on any atom is 0.237 e. The number of carbonyl (C=O) groups excluding carboxylic acids is 1. The van der Waals surface area contributed by atoms with Crippen molar-refractivity contribution in [3.05, 3.63) is 72.3 Å². The number of amides is 1. The second-order valence-electron chi connectivity index (χ2n) is 7.16. The predicted molar refractivity (Wildman–Crippen MR) is 118 cm³/mol. The second-order valence-corrected chi connectivity index (χ2v) is 8.47. The molecule has 0 saturated carbocycles. The van der Waals surface area contributed by atoms with E-state index in [-0.39, 0.29) is 11.2 Å². The van der Waals surface area contributed by atoms with Crippen molar-refractivity contribution < 1.29 is 4.79 Å². The van der Waals surface area contributed by atoms with Crippen LogP contribution in [0.4, 0.5) is 5.69 Å². The van der Waals surface area contributed by atoms with Crippen LogP contribution in [0.25, 0.3) is 11.4 Å². The topological polar surface area (TPSA) is 59.8 Å². The molecule has 0 fully saturated rings. The molecule has 0 radical (unpaired) electrons. The second kappa shape index (κ2) is 8.66. The molecule has 0 aliphatic heterocycles. The summed E-state index contributed by atoms with van der Waals surface area (Å²) >= 11 is 1.41. The zero-order valence-corrected chi connectivity index (χ0v) is 17.3. The third kappa shape index (κ3) is 4.27. The summed E-state index contributed by atoms with van der Waals surface area (Å²) in [6, 6.07) is 16.1. The first kappa shape index (κ1) is 19.5. The summed E-state index contributed by atoms with van der Waals surface area (Å²) in [7, 11) is 0. The third-order valence-corrected chi connectivity index (χ3v) is 6.16. The smallest absolute Gasteiger partial charge is 0.237 e. The van der Waals surface area contributed by atoms with Crippen LogP contribution in [0.1, 0.15) is 24.5 Å². The molecule has 4 rings (SSSR count). The largest absolute Gasteiger partial charge is 0.325 e. The zero-order chi connectivity index (χ0) is 20.2. The molecule has 2 aromatic carbocycles. The minimum atomic E-state index is -0.306. The molecule has 1 aliphatic carbocycles. The van der Waals surface area contributed by atoms with Crippen molar-refractivity contribution in [1.82, 2.24) is 14.8 Å². The van der Waals surface area contributed by atoms with Gasteiger partial charge in [0.15, 0.2) is 11.0 Å². The summed E-state index contributed by atoms with van der Waals surface area (Å²) in [4.78, 5) is 12.8. The molecule has 1 N–H and O–H groups in total. The molecule has 1 heterocycles. The lowest BCUT2D eigenvalue weighted by atomic mass is 10.1. The summed E-state index contributed by atoms with van der Waals surface area (Å²) in [5, 5.41) is 12.1. The highest BCUT2D eigenvalue weighted by Crippen LogP contribution is 2.28. The van der Waals surface area contributed by atoms with Gasteiger partial charge in [-0.25, -0.2) is 0 Å². The van der Waals surface area contributed by atoms with Crippen LogP contribution in [0, 0.1) is 0 Å². The average Bonchev–Trinajstić information content (AvgIpc) is 3.36. The van der Waals surface area contributed by atoms with Crippen LogP contribution in [-0.2, 0) is 24.2 Å². The number of rotatable bonds is 7. The molecule has 6 heteroatoms. The van der Waals surface area contributed by atoms with Gasteiger partial charge in [0.1, 0.15) is 0 Å². The molecule has 148 valence electrons. The van der Waals surface area contributed by atoms with Gasteiger partial charge in [0.2, 0.25) is 5.91 Å². The van der Waals surface area contributed by atoms with E-state index in [1.54, 1.807) is 0 Å². The van der Waals surface area contributed by atoms with Gasteiger partial charge in [-0.05, 0) is 49.4 Å². The number of nitrogens with one attached hydrogen (secondary N) is 1. The van der Waals surface area contributed by atoms with E-state index in [1.165, 1.54) is 29.3 Å². The Kier molecular flexibility index (Phi) is 5.81. The third-order valence-electron chi connectivity index (χ3n) is 5.08. The van der Waals surface area contributed by atoms with Crippen LogP contribution in [0.15, 0.2) is 66.3 Å². The highest BCUT2D eigenvalue weighted by molar-refractivity contribution is 8.00. The highest BCUT2D eigenvalue weighted by Gasteiger charge is 2.21. The van der Waals surface area contributed by atoms with Gasteiger partial charge in [-0.15, -0.1) is 16.8 Å². The van der Waals surface area contributed by atoms with E-state index < -0.39 is 0 Å². The lowest BCUT2D eigenvalue weighted by Gasteiger charge is -2.13. The molecular weight excluding hydrogens is 380 g/mol. The SMILES string of the molecule is C=CCn1c(S[C@H](C)C(=O)Nc2ccc3c(c2)CCC3)nnc1-c1ccccc1. The highest BCUT2D eigenvalue weighted by atomic mass is 32.2. The Morgan fingerprint density at radius 2 is 2.00 bits per heavy atom. The minimum Gasteiger partial charge on any atom is -0.325 e. The van der Waals surface area contributed by atoms with Crippen molar-refractivity contribution in [1.29, 1.82) is 0 Å². The number of fused-ring (bicyclic) bond motifs is 1. The molecule has 0 spiro atoms. The van der Waals surface area contributed by atoms with Gasteiger partial charge >= 0.3 is 0 Å². The lowest BCUT2D eigenvalue weighted by Crippen LogP contribution is -2.23. The fourth-order valence-corrected chi connectivity index (χ4v) is 4.43. The number of nitrogens with zero attached hydrogens (tertiary/aromatic N) is 3. The van der Waals surface area contributed by atoms with E-state index in [0.717, 1.165) is 29.9 Å². The number of carbonyl (C=O) groups is 1. The van der Waals surface area contributed by atoms with Crippen LogP contribution >= 0.6 is 11.8 Å². The van der Waals surface area contributed by atoms with E-state index >= 15 is 0 Å². The number of benzene rings is 2. The number of thioether (sulfide) groups is 1. The van der Waals surface area contributed by atoms with Crippen LogP contribution in [0.2, 0.25) is 0 Å². The van der Waals surface area contributed by atoms with Gasteiger partial charge in [0.05, 0.1) is 5.25 Å². The van der Waals surface area contributed by atoms with E-state index in [2.05, 4.69) is 34.2 Å². The number of aryl methyl sites for hydroxylation is 2. The maximum atomic E-state index is 12.8. The van der Waals surface area contributed by atoms with E-state index in [9.17, 15) is 4.79 Å². The zero-order valence-electron chi connectivity index (χ0n) is 16.5. The first-order chi connectivity index (χ1) is 14.2. The Balaban J connectivity index is 1.49. The summed E-state index contributed by atoms with van der Waals surface area (Å²) in [5.74, 6) is 0.738. The van der Waals surface area contributed by atoms with E-state index in [1.807, 2.05) is 54.0 Å². The Morgan fingerprint density at radius 1 is 1.21 bits per heavy atom. The average molecular weight is 405 g/mol. The van der Waals surface area contributed by atoms with Crippen molar-refractivity contribution in [3.8, 4) is 11.4 Å². The molecule has 5 nitrogen and oxygen atoms in total. The van der Waals surface area contributed by atoms with Crippen LogP contribution in [-0.4, -0.2) is 25.9 Å². The van der Waals surface area contributed by atoms with Crippen LogP contribution in [0.5, 0.6) is 0 Å². The number of allylic oxidation sites excluding steroid dienone is 1. The molecule has 0 unspecified atom stereocenters. The van der Waals surface area contributed by atoms with Gasteiger partial charge in [-0.2, -0.15) is 0 Å². The van der Waals surface area contributed by atoms with Gasteiger partial charge in [0.25, 0.3) is 0 Å².